The van der Waals surface area contributed by atoms with Gasteiger partial charge in [0.05, 0.1) is 35.1 Å². The van der Waals surface area contributed by atoms with Crippen LogP contribution in [-0.4, -0.2) is 67.9 Å². The molecule has 0 unspecified atom stereocenters. The van der Waals surface area contributed by atoms with Crippen molar-refractivity contribution in [3.8, 4) is 17.1 Å². The van der Waals surface area contributed by atoms with Crippen molar-refractivity contribution in [2.24, 2.45) is 18.9 Å². The van der Waals surface area contributed by atoms with Crippen molar-refractivity contribution in [3.63, 3.8) is 0 Å². The fourth-order valence-electron chi connectivity index (χ4n) is 6.96. The summed E-state index contributed by atoms with van der Waals surface area (Å²) in [6.45, 7) is 3.32. The lowest BCUT2D eigenvalue weighted by Crippen LogP contribution is -2.26. The highest BCUT2D eigenvalue weighted by Crippen LogP contribution is 2.41. The summed E-state index contributed by atoms with van der Waals surface area (Å²) in [6, 6.07) is 11.1. The molecule has 1 amide bonds. The first-order valence-corrected chi connectivity index (χ1v) is 15.7. The van der Waals surface area contributed by atoms with Gasteiger partial charge in [-0.3, -0.25) is 15.1 Å². The lowest BCUT2D eigenvalue weighted by Gasteiger charge is -2.21. The standard InChI is InChI=1S/C33H42N8O2/c1-20-14-23-15-29(35-20)27-18-34-40(4)32(27)43-13-5-6-22(21-7-8-21)19-41-30-17-25(36-24-9-11-26(16-24)39(2)3)10-12-28(30)37-33(41)38-31(23)42/h10,12,14-15,17-18,21-22,24,26,36H,5-9,11,13,16,19H2,1-4H3,(H,37,38,42)/t22-,24+,26+/m1/s1. The summed E-state index contributed by atoms with van der Waals surface area (Å²) in [4.78, 5) is 25.8. The van der Waals surface area contributed by atoms with Crippen LogP contribution in [0.1, 0.15) is 61.0 Å². The van der Waals surface area contributed by atoms with Gasteiger partial charge in [0.15, 0.2) is 0 Å². The number of hydrogen-bond acceptors (Lipinski definition) is 7. The van der Waals surface area contributed by atoms with Gasteiger partial charge in [0.2, 0.25) is 11.8 Å². The zero-order valence-corrected chi connectivity index (χ0v) is 25.6. The number of carbonyl (C=O) groups excluding carboxylic acids is 1. The molecule has 4 heterocycles. The van der Waals surface area contributed by atoms with Gasteiger partial charge in [-0.15, -0.1) is 0 Å². The minimum Gasteiger partial charge on any atom is -0.477 e. The predicted octanol–water partition coefficient (Wildman–Crippen LogP) is 5.49. The van der Waals surface area contributed by atoms with E-state index in [2.05, 4.69) is 57.5 Å². The fourth-order valence-corrected chi connectivity index (χ4v) is 6.96. The molecule has 2 saturated carbocycles. The van der Waals surface area contributed by atoms with Gasteiger partial charge >= 0.3 is 0 Å². The van der Waals surface area contributed by atoms with Crippen molar-refractivity contribution < 1.29 is 9.53 Å². The highest BCUT2D eigenvalue weighted by Gasteiger charge is 2.33. The topological polar surface area (TPSA) is 102 Å². The van der Waals surface area contributed by atoms with Crippen molar-refractivity contribution in [1.29, 1.82) is 0 Å². The lowest BCUT2D eigenvalue weighted by atomic mass is 9.97. The number of anilines is 2. The largest absolute Gasteiger partial charge is 0.477 e. The third-order valence-electron chi connectivity index (χ3n) is 9.52. The molecule has 1 aromatic carbocycles. The number of benzene rings is 1. The molecule has 0 radical (unpaired) electrons. The summed E-state index contributed by atoms with van der Waals surface area (Å²) in [5.41, 5.74) is 5.81. The maximum Gasteiger partial charge on any atom is 0.258 e. The molecular formula is C33H42N8O2. The number of amides is 1. The van der Waals surface area contributed by atoms with E-state index >= 15 is 0 Å². The molecule has 10 heteroatoms. The van der Waals surface area contributed by atoms with Crippen LogP contribution in [0.3, 0.4) is 0 Å². The average molecular weight is 583 g/mol. The molecule has 4 aromatic rings. The van der Waals surface area contributed by atoms with Gasteiger partial charge < -0.3 is 19.5 Å². The van der Waals surface area contributed by atoms with Gasteiger partial charge in [-0.25, -0.2) is 9.67 Å². The Morgan fingerprint density at radius 3 is 2.70 bits per heavy atom. The van der Waals surface area contributed by atoms with Crippen LogP contribution in [0.2, 0.25) is 0 Å². The van der Waals surface area contributed by atoms with Gasteiger partial charge in [-0.2, -0.15) is 5.10 Å². The van der Waals surface area contributed by atoms with E-state index in [0.29, 0.717) is 53.6 Å². The summed E-state index contributed by atoms with van der Waals surface area (Å²) < 4.78 is 10.3. The Morgan fingerprint density at radius 2 is 1.91 bits per heavy atom. The number of aryl methyl sites for hydroxylation is 2. The number of pyridine rings is 1. The predicted molar refractivity (Wildman–Crippen MR) is 169 cm³/mol. The van der Waals surface area contributed by atoms with Gasteiger partial charge in [-0.05, 0) is 108 Å². The molecule has 7 rings (SSSR count). The average Bonchev–Trinajstić information content (AvgIpc) is 3.46. The van der Waals surface area contributed by atoms with Crippen molar-refractivity contribution in [3.05, 3.63) is 47.8 Å². The number of imidazole rings is 1. The Morgan fingerprint density at radius 1 is 1.05 bits per heavy atom. The summed E-state index contributed by atoms with van der Waals surface area (Å²) >= 11 is 0. The Labute approximate surface area is 252 Å². The minimum atomic E-state index is -0.202. The van der Waals surface area contributed by atoms with Gasteiger partial charge in [-0.1, -0.05) is 0 Å². The Balaban J connectivity index is 1.25. The van der Waals surface area contributed by atoms with Crippen LogP contribution in [0.5, 0.6) is 5.88 Å². The minimum absolute atomic E-state index is 0.202. The number of rotatable bonds is 4. The maximum absolute atomic E-state index is 13.8. The monoisotopic (exact) mass is 582 g/mol. The normalized spacial score (nSPS) is 22.8. The third kappa shape index (κ3) is 5.72. The molecule has 3 atom stereocenters. The molecule has 2 N–H and O–H groups in total. The molecule has 2 bridgehead atoms. The molecule has 3 aromatic heterocycles. The Hall–Kier alpha value is -3.92. The molecule has 2 fully saturated rings. The van der Waals surface area contributed by atoms with Crippen molar-refractivity contribution in [2.75, 3.05) is 31.3 Å². The van der Waals surface area contributed by atoms with E-state index in [-0.39, 0.29) is 5.91 Å². The molecule has 43 heavy (non-hydrogen) atoms. The van der Waals surface area contributed by atoms with Crippen molar-refractivity contribution in [2.45, 2.75) is 70.5 Å². The first kappa shape index (κ1) is 27.9. The maximum atomic E-state index is 13.8. The quantitative estimate of drug-likeness (QED) is 0.328. The Kier molecular flexibility index (Phi) is 7.33. The highest BCUT2D eigenvalue weighted by molar-refractivity contribution is 6.05. The van der Waals surface area contributed by atoms with Crippen LogP contribution in [0.15, 0.2) is 36.5 Å². The Bertz CT molecular complexity index is 1650. The van der Waals surface area contributed by atoms with Crippen LogP contribution in [0.25, 0.3) is 22.3 Å². The second kappa shape index (κ2) is 11.3. The summed E-state index contributed by atoms with van der Waals surface area (Å²) in [5, 5.41) is 11.4. The number of hydrogen-bond donors (Lipinski definition) is 2. The molecule has 10 nitrogen and oxygen atoms in total. The summed E-state index contributed by atoms with van der Waals surface area (Å²) in [7, 11) is 6.22. The van der Waals surface area contributed by atoms with Crippen LogP contribution in [0, 0.1) is 18.8 Å². The van der Waals surface area contributed by atoms with Crippen molar-refractivity contribution >= 4 is 28.6 Å². The zero-order valence-electron chi connectivity index (χ0n) is 25.6. The second-order valence-electron chi connectivity index (χ2n) is 12.9. The van der Waals surface area contributed by atoms with E-state index in [9.17, 15) is 4.79 Å². The fraction of sp³-hybridized carbons (Fsp3) is 0.515. The molecule has 226 valence electrons. The van der Waals surface area contributed by atoms with Gasteiger partial charge in [0.25, 0.3) is 5.91 Å². The van der Waals surface area contributed by atoms with E-state index in [1.165, 1.54) is 25.7 Å². The number of fused-ring (bicyclic) bond motifs is 7. The second-order valence-corrected chi connectivity index (χ2v) is 12.9. The molecule has 1 aliphatic heterocycles. The SMILES string of the molecule is Cc1cc2cc(n1)-c1cnn(C)c1OCCC[C@@H](C1CC1)Cn1c(nc3ccc(N[C@H]4CC[C@H](N(C)C)C4)cc31)NC2=O. The van der Waals surface area contributed by atoms with Gasteiger partial charge in [0, 0.05) is 42.6 Å². The highest BCUT2D eigenvalue weighted by atomic mass is 16.5. The molecule has 2 aliphatic carbocycles. The van der Waals surface area contributed by atoms with Gasteiger partial charge in [0.1, 0.15) is 0 Å². The zero-order chi connectivity index (χ0) is 29.7. The first-order chi connectivity index (χ1) is 20.8. The van der Waals surface area contributed by atoms with E-state index in [0.717, 1.165) is 53.8 Å². The van der Waals surface area contributed by atoms with Crippen LogP contribution < -0.4 is 15.4 Å². The molecule has 3 aliphatic rings. The third-order valence-corrected chi connectivity index (χ3v) is 9.52. The first-order valence-electron chi connectivity index (χ1n) is 15.7. The summed E-state index contributed by atoms with van der Waals surface area (Å²) in [6.07, 6.45) is 9.78. The van der Waals surface area contributed by atoms with E-state index in [1.807, 2.05) is 26.1 Å². The van der Waals surface area contributed by atoms with E-state index in [4.69, 9.17) is 14.7 Å². The van der Waals surface area contributed by atoms with Crippen LogP contribution in [0.4, 0.5) is 11.6 Å². The lowest BCUT2D eigenvalue weighted by molar-refractivity contribution is 0.102. The number of nitrogens with one attached hydrogen (secondary N) is 2. The number of carbonyl (C=O) groups is 1. The smallest absolute Gasteiger partial charge is 0.258 e. The van der Waals surface area contributed by atoms with E-state index in [1.54, 1.807) is 10.9 Å². The molecular weight excluding hydrogens is 540 g/mol. The summed E-state index contributed by atoms with van der Waals surface area (Å²) in [5.74, 6) is 2.24. The van der Waals surface area contributed by atoms with E-state index < -0.39 is 0 Å². The number of aromatic nitrogens is 5. The van der Waals surface area contributed by atoms with Crippen molar-refractivity contribution in [1.82, 2.24) is 29.2 Å². The molecule has 0 spiro atoms. The molecule has 0 saturated heterocycles. The van der Waals surface area contributed by atoms with Crippen LogP contribution >= 0.6 is 0 Å². The van der Waals surface area contributed by atoms with Crippen LogP contribution in [-0.2, 0) is 13.6 Å². The number of ether oxygens (including phenoxy) is 1. The number of nitrogens with zero attached hydrogens (tertiary/aromatic N) is 6.